The second-order valence-electron chi connectivity index (χ2n) is 11.1. The molecular formula is C32H27F3N4O3. The highest BCUT2D eigenvalue weighted by molar-refractivity contribution is 5.94. The Morgan fingerprint density at radius 2 is 1.81 bits per heavy atom. The molecule has 2 heterocycles. The Hall–Kier alpha value is -4.60. The summed E-state index contributed by atoms with van der Waals surface area (Å²) in [5.74, 6) is -3.47. The van der Waals surface area contributed by atoms with E-state index in [-0.39, 0.29) is 36.7 Å². The van der Waals surface area contributed by atoms with Crippen LogP contribution in [0.1, 0.15) is 86.8 Å². The van der Waals surface area contributed by atoms with Crippen molar-refractivity contribution in [3.8, 4) is 11.1 Å². The summed E-state index contributed by atoms with van der Waals surface area (Å²) >= 11 is 0. The molecule has 7 nitrogen and oxygen atoms in total. The van der Waals surface area contributed by atoms with Gasteiger partial charge in [0.25, 0.3) is 5.91 Å². The number of carbonyl (C=O) groups excluding carboxylic acids is 3. The third-order valence-electron chi connectivity index (χ3n) is 8.37. The molecule has 4 aromatic rings. The number of aldehydes is 1. The lowest BCUT2D eigenvalue weighted by Crippen LogP contribution is -2.19. The smallest absolute Gasteiger partial charge is 0.251 e. The zero-order chi connectivity index (χ0) is 29.5. The number of halogens is 3. The molecule has 214 valence electrons. The number of aromatic nitrogens is 3. The van der Waals surface area contributed by atoms with Crippen LogP contribution in [0, 0.1) is 17.5 Å². The number of Topliss-reactive ketones (excluding diaryl/α,β-unsaturated/α-hetero) is 1. The molecule has 0 spiro atoms. The lowest BCUT2D eigenvalue weighted by Gasteiger charge is -2.20. The van der Waals surface area contributed by atoms with E-state index < -0.39 is 29.3 Å². The van der Waals surface area contributed by atoms with Gasteiger partial charge in [0.05, 0.1) is 17.8 Å². The van der Waals surface area contributed by atoms with Gasteiger partial charge in [-0.3, -0.25) is 24.0 Å². The van der Waals surface area contributed by atoms with Gasteiger partial charge in [-0.2, -0.15) is 5.10 Å². The summed E-state index contributed by atoms with van der Waals surface area (Å²) in [6.07, 6.45) is 5.26. The predicted octanol–water partition coefficient (Wildman–Crippen LogP) is 5.62. The van der Waals surface area contributed by atoms with Crippen molar-refractivity contribution in [2.45, 2.75) is 56.4 Å². The maximum Gasteiger partial charge on any atom is 0.251 e. The standard InChI is InChI=1S/C32H27F3N4O3/c33-22-9-17(10-23(34)14-22)8-21(30-25(2-1-7-37-30)18-5-6-27(35)26(13-18)32(36)42)12-24(41)15-39-31-20-4-3-19(11-20)29(31)28(16-40)38-39/h1-2,5-7,9-10,13-14,16,19-21H,3-4,8,11-12,15H2,(H2,36,42)/t19?,20?,21-/m1/s1. The van der Waals surface area contributed by atoms with E-state index in [1.54, 1.807) is 16.8 Å². The van der Waals surface area contributed by atoms with E-state index in [2.05, 4.69) is 10.1 Å². The number of nitrogens with zero attached hydrogens (tertiary/aromatic N) is 3. The first-order chi connectivity index (χ1) is 20.2. The molecule has 2 aliphatic carbocycles. The van der Waals surface area contributed by atoms with Gasteiger partial charge >= 0.3 is 0 Å². The first-order valence-corrected chi connectivity index (χ1v) is 13.8. The number of hydrogen-bond donors (Lipinski definition) is 1. The summed E-state index contributed by atoms with van der Waals surface area (Å²) in [4.78, 5) is 41.7. The summed E-state index contributed by atoms with van der Waals surface area (Å²) in [6, 6.07) is 10.5. The zero-order valence-electron chi connectivity index (χ0n) is 22.5. The van der Waals surface area contributed by atoms with E-state index in [0.717, 1.165) is 48.9 Å². The van der Waals surface area contributed by atoms with Crippen molar-refractivity contribution in [2.24, 2.45) is 5.73 Å². The monoisotopic (exact) mass is 572 g/mol. The molecule has 0 aliphatic heterocycles. The molecule has 2 aromatic carbocycles. The van der Waals surface area contributed by atoms with E-state index in [9.17, 15) is 27.6 Å². The van der Waals surface area contributed by atoms with Crippen LogP contribution in [0.5, 0.6) is 0 Å². The van der Waals surface area contributed by atoms with Gasteiger partial charge in [-0.25, -0.2) is 13.2 Å². The zero-order valence-corrected chi connectivity index (χ0v) is 22.5. The molecular weight excluding hydrogens is 545 g/mol. The second-order valence-corrected chi connectivity index (χ2v) is 11.1. The topological polar surface area (TPSA) is 108 Å². The number of benzene rings is 2. The van der Waals surface area contributed by atoms with E-state index in [0.29, 0.717) is 34.0 Å². The number of rotatable bonds is 10. The molecule has 42 heavy (non-hydrogen) atoms. The summed E-state index contributed by atoms with van der Waals surface area (Å²) in [6.45, 7) is -0.0576. The minimum absolute atomic E-state index is 0.0504. The van der Waals surface area contributed by atoms with Crippen molar-refractivity contribution in [2.75, 3.05) is 0 Å². The highest BCUT2D eigenvalue weighted by Gasteiger charge is 2.42. The van der Waals surface area contributed by atoms with Crippen molar-refractivity contribution in [3.63, 3.8) is 0 Å². The first kappa shape index (κ1) is 27.6. The second kappa shape index (κ2) is 11.0. The summed E-state index contributed by atoms with van der Waals surface area (Å²) < 4.78 is 44.2. The molecule has 0 radical (unpaired) electrons. The van der Waals surface area contributed by atoms with Gasteiger partial charge in [0.15, 0.2) is 12.1 Å². The Morgan fingerprint density at radius 3 is 2.55 bits per heavy atom. The summed E-state index contributed by atoms with van der Waals surface area (Å²) in [5.41, 5.74) is 9.10. The Kier molecular flexibility index (Phi) is 7.22. The number of amides is 1. The fourth-order valence-electron chi connectivity index (χ4n) is 6.71. The fraction of sp³-hybridized carbons (Fsp3) is 0.281. The van der Waals surface area contributed by atoms with Gasteiger partial charge in [0.1, 0.15) is 23.1 Å². The molecule has 6 rings (SSSR count). The largest absolute Gasteiger partial charge is 0.366 e. The van der Waals surface area contributed by atoms with Crippen LogP contribution in [0.25, 0.3) is 11.1 Å². The average Bonchev–Trinajstić information content (AvgIpc) is 3.66. The number of primary amides is 1. The average molecular weight is 573 g/mol. The first-order valence-electron chi connectivity index (χ1n) is 13.8. The summed E-state index contributed by atoms with van der Waals surface area (Å²) in [7, 11) is 0. The van der Waals surface area contributed by atoms with Crippen LogP contribution >= 0.6 is 0 Å². The van der Waals surface area contributed by atoms with Gasteiger partial charge in [-0.1, -0.05) is 12.1 Å². The van der Waals surface area contributed by atoms with Gasteiger partial charge in [0, 0.05) is 47.3 Å². The van der Waals surface area contributed by atoms with Crippen molar-refractivity contribution in [1.29, 1.82) is 0 Å². The number of nitrogens with two attached hydrogens (primary N) is 1. The van der Waals surface area contributed by atoms with Crippen LogP contribution < -0.4 is 5.73 Å². The lowest BCUT2D eigenvalue weighted by atomic mass is 9.86. The molecule has 2 bridgehead atoms. The van der Waals surface area contributed by atoms with Crippen molar-refractivity contribution in [3.05, 3.63) is 106 Å². The van der Waals surface area contributed by atoms with E-state index in [1.165, 1.54) is 30.5 Å². The Labute approximate surface area is 239 Å². The fourth-order valence-corrected chi connectivity index (χ4v) is 6.71. The maximum atomic E-state index is 14.3. The molecule has 1 saturated carbocycles. The van der Waals surface area contributed by atoms with E-state index >= 15 is 0 Å². The molecule has 2 unspecified atom stereocenters. The lowest BCUT2D eigenvalue weighted by molar-refractivity contribution is -0.120. The Balaban J connectivity index is 1.36. The number of hydrogen-bond acceptors (Lipinski definition) is 5. The number of pyridine rings is 1. The van der Waals surface area contributed by atoms with Crippen LogP contribution in [-0.4, -0.2) is 32.7 Å². The van der Waals surface area contributed by atoms with Crippen molar-refractivity contribution in [1.82, 2.24) is 14.8 Å². The van der Waals surface area contributed by atoms with Crippen molar-refractivity contribution < 1.29 is 27.6 Å². The molecule has 10 heteroatoms. The third-order valence-corrected chi connectivity index (χ3v) is 8.37. The summed E-state index contributed by atoms with van der Waals surface area (Å²) in [5, 5.41) is 4.45. The highest BCUT2D eigenvalue weighted by atomic mass is 19.1. The molecule has 2 aliphatic rings. The van der Waals surface area contributed by atoms with Crippen molar-refractivity contribution >= 4 is 18.0 Å². The Bertz CT molecular complexity index is 1710. The predicted molar refractivity (Wildman–Crippen MR) is 148 cm³/mol. The van der Waals surface area contributed by atoms with Gasteiger partial charge in [0.2, 0.25) is 0 Å². The van der Waals surface area contributed by atoms with Crippen LogP contribution in [-0.2, 0) is 17.8 Å². The molecule has 1 fully saturated rings. The van der Waals surface area contributed by atoms with Crippen LogP contribution in [0.2, 0.25) is 0 Å². The van der Waals surface area contributed by atoms with Gasteiger partial charge in [-0.15, -0.1) is 0 Å². The van der Waals surface area contributed by atoms with Crippen LogP contribution in [0.4, 0.5) is 13.2 Å². The molecule has 3 atom stereocenters. The molecule has 2 aromatic heterocycles. The SMILES string of the molecule is NC(=O)c1cc(-c2cccnc2[C@@H](CC(=O)Cn2nc(C=O)c3c2C2CCC3C2)Cc2cc(F)cc(F)c2)ccc1F. The molecule has 1 amide bonds. The number of fused-ring (bicyclic) bond motifs is 5. The number of carbonyl (C=O) groups is 3. The number of ketones is 1. The molecule has 0 saturated heterocycles. The minimum atomic E-state index is -0.933. The minimum Gasteiger partial charge on any atom is -0.366 e. The van der Waals surface area contributed by atoms with Crippen LogP contribution in [0.3, 0.4) is 0 Å². The van der Waals surface area contributed by atoms with E-state index in [4.69, 9.17) is 5.73 Å². The van der Waals surface area contributed by atoms with E-state index in [1.807, 2.05) is 0 Å². The molecule has 2 N–H and O–H groups in total. The quantitative estimate of drug-likeness (QED) is 0.248. The normalized spacial score (nSPS) is 17.7. The Morgan fingerprint density at radius 1 is 1.05 bits per heavy atom. The van der Waals surface area contributed by atoms with Gasteiger partial charge < -0.3 is 5.73 Å². The van der Waals surface area contributed by atoms with Gasteiger partial charge in [-0.05, 0) is 73.1 Å². The third kappa shape index (κ3) is 5.13. The van der Waals surface area contributed by atoms with Crippen LogP contribution in [0.15, 0.2) is 54.7 Å². The maximum absolute atomic E-state index is 14.3. The highest BCUT2D eigenvalue weighted by Crippen LogP contribution is 2.54.